The first-order chi connectivity index (χ1) is 16.8. The molecule has 0 aromatic rings. The van der Waals surface area contributed by atoms with Gasteiger partial charge in [0.05, 0.1) is 0 Å². The Morgan fingerprint density at radius 1 is 0.300 bits per heavy atom. The van der Waals surface area contributed by atoms with E-state index in [-0.39, 0.29) is 6.47 Å². The van der Waals surface area contributed by atoms with Gasteiger partial charge in [0.1, 0.15) is 0 Å². The van der Waals surface area contributed by atoms with Crippen molar-refractivity contribution in [2.24, 2.45) is 0 Å². The average molecular weight is 1080 g/mol. The third-order valence-electron chi connectivity index (χ3n) is 4.47. The molecule has 0 saturated heterocycles. The molecular formula is C13HCl25O2. The van der Waals surface area contributed by atoms with Gasteiger partial charge in [-0.25, -0.2) is 0 Å². The van der Waals surface area contributed by atoms with Gasteiger partial charge in [0.2, 0.25) is 12.5 Å². The van der Waals surface area contributed by atoms with Crippen molar-refractivity contribution < 1.29 is 9.53 Å². The van der Waals surface area contributed by atoms with Crippen LogP contribution in [0.25, 0.3) is 0 Å². The van der Waals surface area contributed by atoms with Crippen molar-refractivity contribution in [3.8, 4) is 0 Å². The summed E-state index contributed by atoms with van der Waals surface area (Å²) in [5, 5.41) is 0. The minimum Gasteiger partial charge on any atom is -0.427 e. The molecule has 240 valence electrons. The Morgan fingerprint density at radius 2 is 0.475 bits per heavy atom. The van der Waals surface area contributed by atoms with Crippen LogP contribution in [0.3, 0.4) is 0 Å². The van der Waals surface area contributed by atoms with E-state index >= 15 is 0 Å². The van der Waals surface area contributed by atoms with Gasteiger partial charge in [-0.2, -0.15) is 0 Å². The lowest BCUT2D eigenvalue weighted by atomic mass is 9.99. The summed E-state index contributed by atoms with van der Waals surface area (Å²) in [6, 6.07) is 0. The molecule has 0 aliphatic rings. The highest BCUT2D eigenvalue weighted by atomic mass is 35.6. The fourth-order valence-corrected chi connectivity index (χ4v) is 10.1. The summed E-state index contributed by atoms with van der Waals surface area (Å²) in [7, 11) is 0. The van der Waals surface area contributed by atoms with Crippen molar-refractivity contribution in [1.29, 1.82) is 0 Å². The van der Waals surface area contributed by atoms with Gasteiger partial charge in [-0.05, 0) is 0 Å². The quantitative estimate of drug-likeness (QED) is 0.144. The minimum absolute atomic E-state index is 0.316. The standard InChI is InChI=1S/C13HCl25O2/c14-2(15,4(18,19)6(22,23)8(26,27)10(30,31)12(34,35)36)3(16,17)5(20,21)7(24,25)9(28,29)11(32,33)13(37,38)40-1-39/h1H. The maximum Gasteiger partial charge on any atom is 0.297 e. The Labute approximate surface area is 352 Å². The lowest BCUT2D eigenvalue weighted by Crippen LogP contribution is -2.74. The normalized spacial score (nSPS) is 16.7. The lowest BCUT2D eigenvalue weighted by molar-refractivity contribution is -0.132. The molecule has 0 aromatic heterocycles. The van der Waals surface area contributed by atoms with Crippen LogP contribution in [0, 0.1) is 0 Å². The number of alkyl halides is 25. The summed E-state index contributed by atoms with van der Waals surface area (Å²) < 4.78 is -34.4. The maximum atomic E-state index is 10.8. The topological polar surface area (TPSA) is 26.3 Å². The van der Waals surface area contributed by atoms with Crippen LogP contribution in [-0.2, 0) is 9.53 Å². The van der Waals surface area contributed by atoms with Crippen molar-refractivity contribution >= 4 is 296 Å². The van der Waals surface area contributed by atoms with Gasteiger partial charge in [-0.1, -0.05) is 290 Å². The van der Waals surface area contributed by atoms with Crippen LogP contribution in [0.4, 0.5) is 0 Å². The van der Waals surface area contributed by atoms with Crippen LogP contribution in [-0.4, -0.2) is 58.1 Å². The molecule has 40 heavy (non-hydrogen) atoms. The zero-order chi connectivity index (χ0) is 33.4. The van der Waals surface area contributed by atoms with E-state index in [2.05, 4.69) is 4.74 Å². The summed E-state index contributed by atoms with van der Waals surface area (Å²) in [5.41, 5.74) is 0. The highest BCUT2D eigenvalue weighted by Crippen LogP contribution is 2.76. The van der Waals surface area contributed by atoms with Crippen molar-refractivity contribution in [3.63, 3.8) is 0 Å². The van der Waals surface area contributed by atoms with Gasteiger partial charge in [0.25, 0.3) is 11.0 Å². The van der Waals surface area contributed by atoms with Gasteiger partial charge in [-0.3, -0.25) is 4.79 Å². The summed E-state index contributed by atoms with van der Waals surface area (Å²) in [4.78, 5) is 10.8. The fraction of sp³-hybridized carbons (Fsp3) is 0.923. The van der Waals surface area contributed by atoms with Crippen molar-refractivity contribution in [2.45, 2.75) is 51.6 Å². The molecule has 0 amide bonds. The number of hydrogen-bond acceptors (Lipinski definition) is 2. The molecule has 0 unspecified atom stereocenters. The Bertz CT molecular complexity index is 941. The van der Waals surface area contributed by atoms with Crippen LogP contribution in [0.2, 0.25) is 0 Å². The van der Waals surface area contributed by atoms with Crippen LogP contribution in [0.1, 0.15) is 0 Å². The molecule has 0 fully saturated rings. The number of carbonyl (C=O) groups excluding carboxylic acids is 1. The third kappa shape index (κ3) is 7.10. The number of halogens is 25. The second kappa shape index (κ2) is 14.0. The second-order valence-corrected chi connectivity index (χ2v) is 23.8. The fourth-order valence-electron chi connectivity index (χ4n) is 2.07. The summed E-state index contributed by atoms with van der Waals surface area (Å²) in [6.45, 7) is -0.316. The molecule has 0 bridgehead atoms. The van der Waals surface area contributed by atoms with E-state index in [0.29, 0.717) is 0 Å². The average Bonchev–Trinajstić information content (AvgIpc) is 2.71. The van der Waals surface area contributed by atoms with Crippen molar-refractivity contribution in [1.82, 2.24) is 0 Å². The number of hydrogen-bond donors (Lipinski definition) is 0. The molecule has 27 heteroatoms. The van der Waals surface area contributed by atoms with E-state index < -0.39 is 51.6 Å². The van der Waals surface area contributed by atoms with E-state index in [0.717, 1.165) is 0 Å². The number of ether oxygens (including phenoxy) is 1. The van der Waals surface area contributed by atoms with Crippen LogP contribution in [0.5, 0.6) is 0 Å². The predicted molar refractivity (Wildman–Crippen MR) is 186 cm³/mol. The molecule has 0 heterocycles. The van der Waals surface area contributed by atoms with Gasteiger partial charge >= 0.3 is 0 Å². The molecule has 0 aliphatic carbocycles. The maximum absolute atomic E-state index is 10.8. The first-order valence-electron chi connectivity index (χ1n) is 8.15. The first-order valence-corrected chi connectivity index (χ1v) is 17.6. The molecule has 0 aliphatic heterocycles. The zero-order valence-electron chi connectivity index (χ0n) is 16.8. The molecule has 2 nitrogen and oxygen atoms in total. The molecule has 0 radical (unpaired) electrons. The van der Waals surface area contributed by atoms with Gasteiger partial charge in [0, 0.05) is 0 Å². The van der Waals surface area contributed by atoms with Gasteiger partial charge in [0.15, 0.2) is 34.7 Å². The Morgan fingerprint density at radius 3 is 0.650 bits per heavy atom. The summed E-state index contributed by atoms with van der Waals surface area (Å²) in [6.07, 6.45) is 0. The zero-order valence-corrected chi connectivity index (χ0v) is 35.7. The SMILES string of the molecule is O=COC(Cl)(Cl)C(Cl)(Cl)C(Cl)(Cl)C(Cl)(Cl)C(Cl)(Cl)C(Cl)(Cl)C(Cl)(Cl)C(Cl)(Cl)C(Cl)(Cl)C(Cl)(Cl)C(Cl)(Cl)C(Cl)(Cl)Cl. The van der Waals surface area contributed by atoms with E-state index in [1.165, 1.54) is 0 Å². The lowest BCUT2D eigenvalue weighted by Gasteiger charge is -2.57. The van der Waals surface area contributed by atoms with Crippen molar-refractivity contribution in [3.05, 3.63) is 0 Å². The minimum atomic E-state index is -3.44. The molecule has 0 saturated carbocycles. The molecule has 0 aromatic carbocycles. The Balaban J connectivity index is 7.32. The Kier molecular flexibility index (Phi) is 16.4. The van der Waals surface area contributed by atoms with Crippen molar-refractivity contribution in [2.75, 3.05) is 0 Å². The summed E-state index contributed by atoms with van der Waals surface area (Å²) in [5.74, 6) is 0. The number of carbonyl (C=O) groups is 1. The van der Waals surface area contributed by atoms with E-state index in [9.17, 15) is 4.79 Å². The van der Waals surface area contributed by atoms with Crippen LogP contribution < -0.4 is 0 Å². The van der Waals surface area contributed by atoms with E-state index in [1.54, 1.807) is 0 Å². The predicted octanol–water partition coefficient (Wildman–Crippen LogP) is 14.4. The monoisotopic (exact) mass is 1060 g/mol. The Hall–Kier alpha value is 6.72. The smallest absolute Gasteiger partial charge is 0.297 e. The molecular weight excluding hydrogens is 1070 g/mol. The molecule has 0 rings (SSSR count). The third-order valence-corrected chi connectivity index (χ3v) is 21.8. The molecule has 0 spiro atoms. The number of rotatable bonds is 12. The first kappa shape index (κ1) is 46.7. The van der Waals surface area contributed by atoms with Crippen LogP contribution >= 0.6 is 290 Å². The van der Waals surface area contributed by atoms with Gasteiger partial charge < -0.3 is 4.74 Å². The highest BCUT2D eigenvalue weighted by Gasteiger charge is 2.85. The largest absolute Gasteiger partial charge is 0.427 e. The van der Waals surface area contributed by atoms with E-state index in [1.807, 2.05) is 0 Å². The highest BCUT2D eigenvalue weighted by molar-refractivity contribution is 6.84. The molecule has 0 N–H and O–H groups in total. The van der Waals surface area contributed by atoms with E-state index in [4.69, 9.17) is 290 Å². The van der Waals surface area contributed by atoms with Gasteiger partial charge in [-0.15, -0.1) is 0 Å². The molecule has 0 atom stereocenters. The second-order valence-electron chi connectivity index (χ2n) is 6.97. The van der Waals surface area contributed by atoms with Crippen LogP contribution in [0.15, 0.2) is 0 Å². The summed E-state index contributed by atoms with van der Waals surface area (Å²) >= 11 is 154.